The average molecular weight is 548 g/mol. The van der Waals surface area contributed by atoms with Crippen molar-refractivity contribution >= 4 is 27.3 Å². The van der Waals surface area contributed by atoms with Crippen LogP contribution in [0, 0.1) is 16.0 Å². The highest BCUT2D eigenvalue weighted by Gasteiger charge is 2.41. The summed E-state index contributed by atoms with van der Waals surface area (Å²) in [4.78, 5) is 23.0. The molecule has 1 heterocycles. The third kappa shape index (κ3) is 6.63. The molecule has 208 valence electrons. The molecular formula is C27H37N3O7S. The Balaban J connectivity index is 1.74. The van der Waals surface area contributed by atoms with Crippen LogP contribution in [0.15, 0.2) is 47.4 Å². The van der Waals surface area contributed by atoms with Gasteiger partial charge in [0.15, 0.2) is 0 Å². The van der Waals surface area contributed by atoms with Gasteiger partial charge in [-0.05, 0) is 74.8 Å². The van der Waals surface area contributed by atoms with Crippen LogP contribution in [0.25, 0.3) is 0 Å². The van der Waals surface area contributed by atoms with Crippen LogP contribution in [0.3, 0.4) is 0 Å². The van der Waals surface area contributed by atoms with Gasteiger partial charge in [-0.25, -0.2) is 8.42 Å². The Labute approximate surface area is 224 Å². The molecule has 1 fully saturated rings. The largest absolute Gasteiger partial charge is 0.506 e. The smallest absolute Gasteiger partial charge is 0.269 e. The van der Waals surface area contributed by atoms with Crippen molar-refractivity contribution in [1.82, 2.24) is 5.32 Å². The summed E-state index contributed by atoms with van der Waals surface area (Å²) < 4.78 is 33.8. The molecule has 1 unspecified atom stereocenters. The molecule has 38 heavy (non-hydrogen) atoms. The van der Waals surface area contributed by atoms with E-state index in [1.807, 2.05) is 27.7 Å². The Bertz CT molecular complexity index is 1240. The summed E-state index contributed by atoms with van der Waals surface area (Å²) in [5.74, 6) is -0.333. The fourth-order valence-electron chi connectivity index (χ4n) is 4.59. The van der Waals surface area contributed by atoms with Gasteiger partial charge in [-0.2, -0.15) is 0 Å². The number of aromatic hydroxyl groups is 1. The average Bonchev–Trinajstić information content (AvgIpc) is 3.37. The first kappa shape index (κ1) is 29.4. The van der Waals surface area contributed by atoms with Crippen LogP contribution in [0.5, 0.6) is 5.75 Å². The molecule has 1 saturated heterocycles. The van der Waals surface area contributed by atoms with Crippen molar-refractivity contribution < 1.29 is 28.0 Å². The minimum absolute atomic E-state index is 0.0541. The summed E-state index contributed by atoms with van der Waals surface area (Å²) in [6.45, 7) is 8.29. The Morgan fingerprint density at radius 2 is 1.89 bits per heavy atom. The minimum Gasteiger partial charge on any atom is -0.506 e. The highest BCUT2D eigenvalue weighted by Crippen LogP contribution is 2.34. The summed E-state index contributed by atoms with van der Waals surface area (Å²) >= 11 is 0. The molecule has 1 aliphatic heterocycles. The molecule has 0 aliphatic carbocycles. The third-order valence-corrected chi connectivity index (χ3v) is 8.60. The maximum absolute atomic E-state index is 13.5. The SMILES string of the molecule is CCC1(C(=O)N[C@@H](C)CCc2ccc(N(CC(C)C)S(=O)(=O)c3ccc([N+](=O)[O-])cc3)c(O)c2)CCCO1. The molecule has 10 nitrogen and oxygen atoms in total. The van der Waals surface area contributed by atoms with Gasteiger partial charge in [-0.15, -0.1) is 0 Å². The van der Waals surface area contributed by atoms with Crippen molar-refractivity contribution in [2.75, 3.05) is 17.5 Å². The standard InChI is InChI=1S/C27H37N3O7S/c1-5-27(15-6-16-37-27)26(32)28-20(4)7-8-21-9-14-24(25(31)17-21)29(18-19(2)3)38(35,36)23-12-10-22(11-13-23)30(33)34/h9-14,17,19-20,31H,5-8,15-16,18H2,1-4H3,(H,28,32)/t20-,27?/m0/s1. The van der Waals surface area contributed by atoms with Gasteiger partial charge in [-0.1, -0.05) is 26.8 Å². The number of benzene rings is 2. The molecule has 0 radical (unpaired) electrons. The summed E-state index contributed by atoms with van der Waals surface area (Å²) in [6.07, 6.45) is 3.40. The molecule has 2 atom stereocenters. The summed E-state index contributed by atoms with van der Waals surface area (Å²) in [5, 5.41) is 24.8. The van der Waals surface area contributed by atoms with E-state index >= 15 is 0 Å². The van der Waals surface area contributed by atoms with Crippen molar-refractivity contribution in [1.29, 1.82) is 0 Å². The molecule has 2 aromatic rings. The number of amides is 1. The van der Waals surface area contributed by atoms with Crippen LogP contribution in [-0.2, 0) is 26.0 Å². The van der Waals surface area contributed by atoms with Gasteiger partial charge in [0.25, 0.3) is 21.6 Å². The molecule has 1 aliphatic rings. The third-order valence-electron chi connectivity index (χ3n) is 6.81. The maximum Gasteiger partial charge on any atom is 0.269 e. The van der Waals surface area contributed by atoms with Gasteiger partial charge in [0.1, 0.15) is 11.4 Å². The number of nitrogens with zero attached hydrogens (tertiary/aromatic N) is 2. The molecule has 2 N–H and O–H groups in total. The number of aryl methyl sites for hydroxylation is 1. The fraction of sp³-hybridized carbons (Fsp3) is 0.519. The maximum atomic E-state index is 13.5. The second-order valence-electron chi connectivity index (χ2n) is 10.2. The number of sulfonamides is 1. The molecule has 0 bridgehead atoms. The Hall–Kier alpha value is -3.18. The van der Waals surface area contributed by atoms with Crippen LogP contribution in [-0.4, -0.2) is 49.1 Å². The van der Waals surface area contributed by atoms with Crippen LogP contribution >= 0.6 is 0 Å². The van der Waals surface area contributed by atoms with E-state index in [4.69, 9.17) is 4.74 Å². The van der Waals surface area contributed by atoms with Crippen LogP contribution < -0.4 is 9.62 Å². The quantitative estimate of drug-likeness (QED) is 0.294. The molecule has 0 saturated carbocycles. The number of phenolic OH excluding ortho intramolecular Hbond substituents is 1. The van der Waals surface area contributed by atoms with Crippen molar-refractivity contribution in [3.63, 3.8) is 0 Å². The molecule has 3 rings (SSSR count). The van der Waals surface area contributed by atoms with Gasteiger partial charge in [0.2, 0.25) is 0 Å². The predicted molar refractivity (Wildman–Crippen MR) is 145 cm³/mol. The highest BCUT2D eigenvalue weighted by atomic mass is 32.2. The molecular weight excluding hydrogens is 510 g/mol. The number of rotatable bonds is 12. The van der Waals surface area contributed by atoms with Crippen LogP contribution in [0.2, 0.25) is 0 Å². The van der Waals surface area contributed by atoms with Crippen molar-refractivity contribution in [3.8, 4) is 5.75 Å². The van der Waals surface area contributed by atoms with E-state index in [1.165, 1.54) is 18.2 Å². The molecule has 0 spiro atoms. The second-order valence-corrected chi connectivity index (χ2v) is 12.1. The van der Waals surface area contributed by atoms with E-state index in [-0.39, 0.29) is 46.4 Å². The Morgan fingerprint density at radius 1 is 1.21 bits per heavy atom. The van der Waals surface area contributed by atoms with E-state index in [0.29, 0.717) is 32.3 Å². The topological polar surface area (TPSA) is 139 Å². The number of carbonyl (C=O) groups is 1. The first-order chi connectivity index (χ1) is 17.9. The monoisotopic (exact) mass is 547 g/mol. The normalized spacial score (nSPS) is 18.3. The van der Waals surface area contributed by atoms with Gasteiger partial charge < -0.3 is 15.2 Å². The van der Waals surface area contributed by atoms with E-state index in [1.54, 1.807) is 12.1 Å². The number of ether oxygens (including phenoxy) is 1. The lowest BCUT2D eigenvalue weighted by Gasteiger charge is -2.28. The summed E-state index contributed by atoms with van der Waals surface area (Å²) in [6, 6.07) is 9.43. The second kappa shape index (κ2) is 12.1. The van der Waals surface area contributed by atoms with Gasteiger partial charge in [-0.3, -0.25) is 19.2 Å². The molecule has 0 aromatic heterocycles. The summed E-state index contributed by atoms with van der Waals surface area (Å²) in [5.41, 5.74) is -0.0293. The van der Waals surface area contributed by atoms with E-state index in [2.05, 4.69) is 5.32 Å². The number of hydrogen-bond acceptors (Lipinski definition) is 7. The van der Waals surface area contributed by atoms with Crippen molar-refractivity contribution in [3.05, 3.63) is 58.1 Å². The van der Waals surface area contributed by atoms with Gasteiger partial charge in [0, 0.05) is 31.3 Å². The van der Waals surface area contributed by atoms with Crippen LogP contribution in [0.1, 0.15) is 58.9 Å². The number of nitrogens with one attached hydrogen (secondary N) is 1. The number of carbonyl (C=O) groups excluding carboxylic acids is 1. The predicted octanol–water partition coefficient (Wildman–Crippen LogP) is 4.55. The Morgan fingerprint density at radius 3 is 2.42 bits per heavy atom. The van der Waals surface area contributed by atoms with E-state index in [0.717, 1.165) is 28.4 Å². The lowest BCUT2D eigenvalue weighted by Crippen LogP contribution is -2.49. The fourth-order valence-corrected chi connectivity index (χ4v) is 6.23. The molecule has 1 amide bonds. The lowest BCUT2D eigenvalue weighted by molar-refractivity contribution is -0.384. The van der Waals surface area contributed by atoms with E-state index < -0.39 is 20.5 Å². The van der Waals surface area contributed by atoms with Gasteiger partial charge >= 0.3 is 0 Å². The molecule has 2 aromatic carbocycles. The number of phenols is 1. The van der Waals surface area contributed by atoms with Crippen LogP contribution in [0.4, 0.5) is 11.4 Å². The minimum atomic E-state index is -4.09. The Kier molecular flexibility index (Phi) is 9.37. The first-order valence-electron chi connectivity index (χ1n) is 12.9. The number of anilines is 1. The number of hydrogen-bond donors (Lipinski definition) is 2. The highest BCUT2D eigenvalue weighted by molar-refractivity contribution is 7.92. The van der Waals surface area contributed by atoms with Crippen molar-refractivity contribution in [2.45, 2.75) is 76.3 Å². The van der Waals surface area contributed by atoms with Gasteiger partial charge in [0.05, 0.1) is 15.5 Å². The summed E-state index contributed by atoms with van der Waals surface area (Å²) in [7, 11) is -4.09. The number of nitro groups is 1. The molecule has 11 heteroatoms. The zero-order valence-corrected chi connectivity index (χ0v) is 23.2. The number of non-ortho nitro benzene ring substituents is 1. The first-order valence-corrected chi connectivity index (χ1v) is 14.4. The van der Waals surface area contributed by atoms with Crippen molar-refractivity contribution in [2.24, 2.45) is 5.92 Å². The zero-order chi connectivity index (χ0) is 28.1. The number of nitro benzene ring substituents is 1. The lowest BCUT2D eigenvalue weighted by atomic mass is 9.95. The zero-order valence-electron chi connectivity index (χ0n) is 22.3. The van der Waals surface area contributed by atoms with E-state index in [9.17, 15) is 28.4 Å².